The predicted molar refractivity (Wildman–Crippen MR) is 92.1 cm³/mol. The second kappa shape index (κ2) is 7.10. The molecule has 0 aliphatic heterocycles. The van der Waals surface area contributed by atoms with Crippen molar-refractivity contribution in [3.8, 4) is 5.75 Å². The van der Waals surface area contributed by atoms with E-state index in [-0.39, 0.29) is 0 Å². The Morgan fingerprint density at radius 2 is 1.76 bits per heavy atom. The first-order valence-electron chi connectivity index (χ1n) is 7.11. The van der Waals surface area contributed by atoms with Gasteiger partial charge in [-0.1, -0.05) is 35.4 Å². The summed E-state index contributed by atoms with van der Waals surface area (Å²) >= 11 is 3.55. The fourth-order valence-corrected chi connectivity index (χ4v) is 3.26. The molecule has 2 nitrogen and oxygen atoms in total. The standard InChI is InChI=1S/C18H22BrNO/c1-12-7-13(2)9-15(8-12)17(20-3)11-14-5-6-18(21-4)16(19)10-14/h5-10,17,20H,11H2,1-4H3. The van der Waals surface area contributed by atoms with Gasteiger partial charge in [0.15, 0.2) is 0 Å². The van der Waals surface area contributed by atoms with Crippen LogP contribution in [-0.2, 0) is 6.42 Å². The maximum Gasteiger partial charge on any atom is 0.133 e. The summed E-state index contributed by atoms with van der Waals surface area (Å²) in [7, 11) is 3.70. The molecule has 0 saturated carbocycles. The van der Waals surface area contributed by atoms with Gasteiger partial charge in [0.25, 0.3) is 0 Å². The lowest BCUT2D eigenvalue weighted by Gasteiger charge is -2.18. The van der Waals surface area contributed by atoms with Crippen molar-refractivity contribution in [3.05, 3.63) is 63.1 Å². The van der Waals surface area contributed by atoms with E-state index in [4.69, 9.17) is 4.74 Å². The number of benzene rings is 2. The van der Waals surface area contributed by atoms with Crippen LogP contribution in [0.25, 0.3) is 0 Å². The highest BCUT2D eigenvalue weighted by atomic mass is 79.9. The van der Waals surface area contributed by atoms with Crippen molar-refractivity contribution in [1.82, 2.24) is 5.32 Å². The Morgan fingerprint density at radius 3 is 2.29 bits per heavy atom. The van der Waals surface area contributed by atoms with E-state index in [0.29, 0.717) is 6.04 Å². The van der Waals surface area contributed by atoms with Crippen molar-refractivity contribution in [2.75, 3.05) is 14.2 Å². The molecule has 1 atom stereocenters. The molecule has 0 heterocycles. The first kappa shape index (κ1) is 16.1. The fraction of sp³-hybridized carbons (Fsp3) is 0.333. The van der Waals surface area contributed by atoms with Gasteiger partial charge in [-0.3, -0.25) is 0 Å². The maximum absolute atomic E-state index is 5.28. The van der Waals surface area contributed by atoms with Gasteiger partial charge in [0.2, 0.25) is 0 Å². The van der Waals surface area contributed by atoms with Gasteiger partial charge in [0.05, 0.1) is 11.6 Å². The third-order valence-electron chi connectivity index (χ3n) is 3.65. The molecule has 0 aliphatic carbocycles. The Hall–Kier alpha value is -1.32. The zero-order valence-corrected chi connectivity index (χ0v) is 14.6. The molecule has 0 aliphatic rings. The van der Waals surface area contributed by atoms with E-state index in [1.54, 1.807) is 7.11 Å². The molecule has 2 aromatic rings. The second-order valence-corrected chi connectivity index (χ2v) is 6.29. The smallest absolute Gasteiger partial charge is 0.133 e. The molecule has 3 heteroatoms. The van der Waals surface area contributed by atoms with Crippen LogP contribution in [0.15, 0.2) is 40.9 Å². The molecule has 2 aromatic carbocycles. The average Bonchev–Trinajstić information content (AvgIpc) is 2.43. The van der Waals surface area contributed by atoms with Crippen LogP contribution in [0.2, 0.25) is 0 Å². The molecule has 112 valence electrons. The third kappa shape index (κ3) is 4.08. The minimum atomic E-state index is 0.309. The second-order valence-electron chi connectivity index (χ2n) is 5.44. The number of likely N-dealkylation sites (N-methyl/N-ethyl adjacent to an activating group) is 1. The molecule has 0 bridgehead atoms. The van der Waals surface area contributed by atoms with Crippen LogP contribution < -0.4 is 10.1 Å². The SMILES string of the molecule is CNC(Cc1ccc(OC)c(Br)c1)c1cc(C)cc(C)c1. The van der Waals surface area contributed by atoms with Crippen molar-refractivity contribution >= 4 is 15.9 Å². The van der Waals surface area contributed by atoms with Gasteiger partial charge in [0, 0.05) is 6.04 Å². The highest BCUT2D eigenvalue weighted by Gasteiger charge is 2.12. The summed E-state index contributed by atoms with van der Waals surface area (Å²) in [6, 6.07) is 13.3. The quantitative estimate of drug-likeness (QED) is 0.854. The molecule has 2 rings (SSSR count). The van der Waals surface area contributed by atoms with Crippen LogP contribution in [0.3, 0.4) is 0 Å². The van der Waals surface area contributed by atoms with Crippen LogP contribution in [0.5, 0.6) is 5.75 Å². The number of hydrogen-bond acceptors (Lipinski definition) is 2. The first-order chi connectivity index (χ1) is 10.0. The van der Waals surface area contributed by atoms with Crippen LogP contribution in [0.1, 0.15) is 28.3 Å². The van der Waals surface area contributed by atoms with E-state index < -0.39 is 0 Å². The molecule has 1 N–H and O–H groups in total. The summed E-state index contributed by atoms with van der Waals surface area (Å²) in [6.07, 6.45) is 0.946. The van der Waals surface area contributed by atoms with Gasteiger partial charge in [-0.25, -0.2) is 0 Å². The van der Waals surface area contributed by atoms with Crippen LogP contribution in [0, 0.1) is 13.8 Å². The van der Waals surface area contributed by atoms with Gasteiger partial charge in [-0.15, -0.1) is 0 Å². The average molecular weight is 348 g/mol. The Morgan fingerprint density at radius 1 is 1.10 bits per heavy atom. The molecular formula is C18H22BrNO. The van der Waals surface area contributed by atoms with Gasteiger partial charge < -0.3 is 10.1 Å². The topological polar surface area (TPSA) is 21.3 Å². The monoisotopic (exact) mass is 347 g/mol. The van der Waals surface area contributed by atoms with Gasteiger partial charge in [-0.2, -0.15) is 0 Å². The third-order valence-corrected chi connectivity index (χ3v) is 4.27. The van der Waals surface area contributed by atoms with Crippen LogP contribution in [0.4, 0.5) is 0 Å². The number of rotatable bonds is 5. The van der Waals surface area contributed by atoms with E-state index in [1.807, 2.05) is 13.1 Å². The number of aryl methyl sites for hydroxylation is 2. The summed E-state index contributed by atoms with van der Waals surface area (Å²) < 4.78 is 6.28. The zero-order valence-electron chi connectivity index (χ0n) is 13.0. The number of halogens is 1. The predicted octanol–water partition coefficient (Wildman–Crippen LogP) is 4.58. The Balaban J connectivity index is 2.24. The molecule has 0 aromatic heterocycles. The summed E-state index contributed by atoms with van der Waals surface area (Å²) in [5, 5.41) is 3.42. The van der Waals surface area contributed by atoms with E-state index in [1.165, 1.54) is 22.3 Å². The molecule has 0 fully saturated rings. The fourth-order valence-electron chi connectivity index (χ4n) is 2.67. The highest BCUT2D eigenvalue weighted by Crippen LogP contribution is 2.28. The minimum absolute atomic E-state index is 0.309. The van der Waals surface area contributed by atoms with E-state index in [2.05, 4.69) is 65.4 Å². The zero-order chi connectivity index (χ0) is 15.4. The summed E-state index contributed by atoms with van der Waals surface area (Å²) in [6.45, 7) is 4.29. The van der Waals surface area contributed by atoms with Crippen molar-refractivity contribution in [2.45, 2.75) is 26.3 Å². The Kier molecular flexibility index (Phi) is 5.43. The van der Waals surface area contributed by atoms with Crippen molar-refractivity contribution in [2.24, 2.45) is 0 Å². The number of nitrogens with one attached hydrogen (secondary N) is 1. The molecule has 0 spiro atoms. The van der Waals surface area contributed by atoms with E-state index in [9.17, 15) is 0 Å². The van der Waals surface area contributed by atoms with Crippen molar-refractivity contribution < 1.29 is 4.74 Å². The first-order valence-corrected chi connectivity index (χ1v) is 7.90. The normalized spacial score (nSPS) is 12.2. The minimum Gasteiger partial charge on any atom is -0.496 e. The molecule has 1 unspecified atom stereocenters. The lowest BCUT2D eigenvalue weighted by atomic mass is 9.96. The Bertz CT molecular complexity index is 604. The van der Waals surface area contributed by atoms with Crippen LogP contribution >= 0.6 is 15.9 Å². The molecule has 21 heavy (non-hydrogen) atoms. The number of ether oxygens (including phenoxy) is 1. The van der Waals surface area contributed by atoms with Gasteiger partial charge >= 0.3 is 0 Å². The lowest BCUT2D eigenvalue weighted by molar-refractivity contribution is 0.412. The summed E-state index contributed by atoms with van der Waals surface area (Å²) in [5.41, 5.74) is 5.23. The molecule has 0 radical (unpaired) electrons. The lowest BCUT2D eigenvalue weighted by Crippen LogP contribution is -2.19. The number of methoxy groups -OCH3 is 1. The molecular weight excluding hydrogens is 326 g/mol. The Labute approximate surface area is 135 Å². The molecule has 0 amide bonds. The van der Waals surface area contributed by atoms with Crippen molar-refractivity contribution in [1.29, 1.82) is 0 Å². The van der Waals surface area contributed by atoms with E-state index in [0.717, 1.165) is 16.6 Å². The largest absolute Gasteiger partial charge is 0.496 e. The highest BCUT2D eigenvalue weighted by molar-refractivity contribution is 9.10. The summed E-state index contributed by atoms with van der Waals surface area (Å²) in [5.74, 6) is 0.867. The summed E-state index contributed by atoms with van der Waals surface area (Å²) in [4.78, 5) is 0. The molecule has 0 saturated heterocycles. The van der Waals surface area contributed by atoms with Gasteiger partial charge in [0.1, 0.15) is 5.75 Å². The van der Waals surface area contributed by atoms with Crippen LogP contribution in [-0.4, -0.2) is 14.2 Å². The van der Waals surface area contributed by atoms with E-state index >= 15 is 0 Å². The van der Waals surface area contributed by atoms with Crippen molar-refractivity contribution in [3.63, 3.8) is 0 Å². The number of hydrogen-bond donors (Lipinski definition) is 1. The van der Waals surface area contributed by atoms with Gasteiger partial charge in [-0.05, 0) is 66.5 Å². The maximum atomic E-state index is 5.28.